The molecule has 1 aromatic carbocycles. The van der Waals surface area contributed by atoms with E-state index in [4.69, 9.17) is 0 Å². The number of ether oxygens (including phenoxy) is 1. The van der Waals surface area contributed by atoms with Crippen molar-refractivity contribution in [1.29, 1.82) is 0 Å². The molecule has 1 rings (SSSR count). The number of halogens is 1. The van der Waals surface area contributed by atoms with Crippen LogP contribution < -0.4 is 5.46 Å². The fourth-order valence-corrected chi connectivity index (χ4v) is 0.825. The Labute approximate surface area is 88.4 Å². The zero-order valence-corrected chi connectivity index (χ0v) is 8.36. The third-order valence-corrected chi connectivity index (χ3v) is 1.46. The number of carbonyl (C=O) groups excluding carboxylic acids is 1. The van der Waals surface area contributed by atoms with Crippen molar-refractivity contribution in [2.75, 3.05) is 7.11 Å². The number of benzene rings is 1. The average Bonchev–Trinajstić information content (AvgIpc) is 2.19. The van der Waals surface area contributed by atoms with Gasteiger partial charge in [-0.05, 0) is 5.46 Å². The Morgan fingerprint density at radius 2 is 1.93 bits per heavy atom. The maximum Gasteiger partial charge on any atom is 0.564 e. The molecule has 6 heteroatoms. The lowest BCUT2D eigenvalue weighted by atomic mass is 9.80. The normalized spacial score (nSPS) is 8.43. The zero-order chi connectivity index (χ0) is 9.68. The monoisotopic (exact) mass is 216 g/mol. The van der Waals surface area contributed by atoms with Gasteiger partial charge in [-0.15, -0.1) is 12.4 Å². The van der Waals surface area contributed by atoms with Crippen LogP contribution >= 0.6 is 12.4 Å². The van der Waals surface area contributed by atoms with Crippen molar-refractivity contribution in [3.63, 3.8) is 0 Å². The van der Waals surface area contributed by atoms with E-state index in [1.165, 1.54) is 7.11 Å². The van der Waals surface area contributed by atoms with Gasteiger partial charge in [0.05, 0.1) is 7.11 Å². The van der Waals surface area contributed by atoms with Crippen LogP contribution in [0.25, 0.3) is 0 Å². The standard InChI is InChI=1S/C8H9BO4.ClH/c1-12-8(10)13-9(11)7-5-3-2-4-6-7;/h2-6,11H,1H3;1H. The van der Waals surface area contributed by atoms with Crippen LogP contribution in [0, 0.1) is 0 Å². The highest BCUT2D eigenvalue weighted by molar-refractivity contribution is 6.61. The molecular formula is C8H10BClO4. The third kappa shape index (κ3) is 3.68. The van der Waals surface area contributed by atoms with Gasteiger partial charge >= 0.3 is 13.3 Å². The Morgan fingerprint density at radius 3 is 2.43 bits per heavy atom. The van der Waals surface area contributed by atoms with Crippen molar-refractivity contribution in [3.05, 3.63) is 30.3 Å². The molecule has 0 saturated heterocycles. The van der Waals surface area contributed by atoms with E-state index < -0.39 is 13.3 Å². The maximum atomic E-state index is 10.6. The Kier molecular flexibility index (Phi) is 5.75. The Balaban J connectivity index is 0.00000169. The molecule has 0 saturated carbocycles. The molecule has 0 aliphatic heterocycles. The Morgan fingerprint density at radius 1 is 1.36 bits per heavy atom. The smallest absolute Gasteiger partial charge is 0.473 e. The fourth-order valence-electron chi connectivity index (χ4n) is 0.825. The van der Waals surface area contributed by atoms with E-state index in [2.05, 4.69) is 9.39 Å². The van der Waals surface area contributed by atoms with Crippen LogP contribution in [-0.4, -0.2) is 25.4 Å². The molecular weight excluding hydrogens is 206 g/mol. The summed E-state index contributed by atoms with van der Waals surface area (Å²) in [5.41, 5.74) is 0.507. The molecule has 1 aromatic rings. The van der Waals surface area contributed by atoms with Crippen LogP contribution in [0.2, 0.25) is 0 Å². The second-order valence-corrected chi connectivity index (χ2v) is 2.34. The van der Waals surface area contributed by atoms with Crippen molar-refractivity contribution in [2.45, 2.75) is 0 Å². The van der Waals surface area contributed by atoms with Crippen molar-refractivity contribution in [3.8, 4) is 0 Å². The van der Waals surface area contributed by atoms with E-state index in [1.807, 2.05) is 0 Å². The zero-order valence-electron chi connectivity index (χ0n) is 7.54. The maximum absolute atomic E-state index is 10.6. The summed E-state index contributed by atoms with van der Waals surface area (Å²) < 4.78 is 8.70. The van der Waals surface area contributed by atoms with Crippen LogP contribution in [-0.2, 0) is 9.39 Å². The van der Waals surface area contributed by atoms with Gasteiger partial charge in [0.15, 0.2) is 0 Å². The molecule has 0 heterocycles. The first kappa shape index (κ1) is 12.8. The summed E-state index contributed by atoms with van der Waals surface area (Å²) in [5.74, 6) is 0. The van der Waals surface area contributed by atoms with Gasteiger partial charge in [0, 0.05) is 0 Å². The molecule has 0 amide bonds. The van der Waals surface area contributed by atoms with Crippen LogP contribution in [0.3, 0.4) is 0 Å². The van der Waals surface area contributed by atoms with Crippen molar-refractivity contribution >= 4 is 31.1 Å². The molecule has 0 atom stereocenters. The topological polar surface area (TPSA) is 55.8 Å². The van der Waals surface area contributed by atoms with Gasteiger partial charge in [-0.3, -0.25) is 0 Å². The molecule has 0 spiro atoms. The lowest BCUT2D eigenvalue weighted by Crippen LogP contribution is -2.35. The minimum atomic E-state index is -1.27. The highest BCUT2D eigenvalue weighted by atomic mass is 35.5. The number of hydrogen-bond acceptors (Lipinski definition) is 4. The second-order valence-electron chi connectivity index (χ2n) is 2.34. The molecule has 14 heavy (non-hydrogen) atoms. The number of methoxy groups -OCH3 is 1. The summed E-state index contributed by atoms with van der Waals surface area (Å²) in [4.78, 5) is 10.6. The van der Waals surface area contributed by atoms with E-state index in [9.17, 15) is 9.82 Å². The average molecular weight is 216 g/mol. The third-order valence-electron chi connectivity index (χ3n) is 1.46. The van der Waals surface area contributed by atoms with Gasteiger partial charge in [-0.2, -0.15) is 0 Å². The highest BCUT2D eigenvalue weighted by Crippen LogP contribution is 1.90. The van der Waals surface area contributed by atoms with Gasteiger partial charge in [0.2, 0.25) is 0 Å². The Bertz CT molecular complexity index is 280. The predicted molar refractivity (Wildman–Crippen MR) is 54.8 cm³/mol. The summed E-state index contributed by atoms with van der Waals surface area (Å²) in [7, 11) is -0.0892. The first-order valence-corrected chi connectivity index (χ1v) is 3.71. The van der Waals surface area contributed by atoms with Crippen LogP contribution in [0.1, 0.15) is 0 Å². The molecule has 0 radical (unpaired) electrons. The van der Waals surface area contributed by atoms with E-state index >= 15 is 0 Å². The lowest BCUT2D eigenvalue weighted by Gasteiger charge is -2.05. The van der Waals surface area contributed by atoms with Gasteiger partial charge in [-0.25, -0.2) is 4.79 Å². The molecule has 0 aromatic heterocycles. The van der Waals surface area contributed by atoms with Crippen LogP contribution in [0.5, 0.6) is 0 Å². The van der Waals surface area contributed by atoms with Gasteiger partial charge in [0.1, 0.15) is 0 Å². The largest absolute Gasteiger partial charge is 0.564 e. The molecule has 0 aliphatic rings. The number of rotatable bonds is 2. The Hall–Kier alpha value is -1.20. The summed E-state index contributed by atoms with van der Waals surface area (Å²) >= 11 is 0. The van der Waals surface area contributed by atoms with E-state index in [0.29, 0.717) is 5.46 Å². The van der Waals surface area contributed by atoms with E-state index in [1.54, 1.807) is 30.3 Å². The summed E-state index contributed by atoms with van der Waals surface area (Å²) in [5, 5.41) is 9.30. The highest BCUT2D eigenvalue weighted by Gasteiger charge is 2.21. The van der Waals surface area contributed by atoms with Gasteiger partial charge in [0.25, 0.3) is 0 Å². The van der Waals surface area contributed by atoms with Crippen molar-refractivity contribution in [1.82, 2.24) is 0 Å². The van der Waals surface area contributed by atoms with E-state index in [-0.39, 0.29) is 12.4 Å². The summed E-state index contributed by atoms with van der Waals surface area (Å²) in [6.07, 6.45) is -0.906. The first-order chi connectivity index (χ1) is 6.24. The molecule has 1 N–H and O–H groups in total. The fraction of sp³-hybridized carbons (Fsp3) is 0.125. The van der Waals surface area contributed by atoms with E-state index in [0.717, 1.165) is 0 Å². The minimum absolute atomic E-state index is 0. The molecule has 76 valence electrons. The SMILES string of the molecule is COC(=O)OB(O)c1ccccc1.Cl. The number of carbonyl (C=O) groups is 1. The van der Waals surface area contributed by atoms with Gasteiger partial charge in [-0.1, -0.05) is 30.3 Å². The summed E-state index contributed by atoms with van der Waals surface area (Å²) in [6.45, 7) is 0. The minimum Gasteiger partial charge on any atom is -0.473 e. The van der Waals surface area contributed by atoms with Crippen LogP contribution in [0.15, 0.2) is 30.3 Å². The quantitative estimate of drug-likeness (QED) is 0.580. The van der Waals surface area contributed by atoms with Crippen LogP contribution in [0.4, 0.5) is 4.79 Å². The second kappa shape index (κ2) is 6.29. The predicted octanol–water partition coefficient (Wildman–Crippen LogP) is 0.579. The summed E-state index contributed by atoms with van der Waals surface area (Å²) in [6, 6.07) is 8.56. The molecule has 0 bridgehead atoms. The van der Waals surface area contributed by atoms with Crippen molar-refractivity contribution in [2.24, 2.45) is 0 Å². The molecule has 0 aliphatic carbocycles. The first-order valence-electron chi connectivity index (χ1n) is 3.71. The lowest BCUT2D eigenvalue weighted by molar-refractivity contribution is 0.115. The van der Waals surface area contributed by atoms with Gasteiger partial charge < -0.3 is 14.4 Å². The molecule has 4 nitrogen and oxygen atoms in total. The number of hydrogen-bond donors (Lipinski definition) is 1. The molecule has 0 fully saturated rings. The molecule has 0 unspecified atom stereocenters. The van der Waals surface area contributed by atoms with Crippen molar-refractivity contribution < 1.29 is 19.2 Å².